The highest BCUT2D eigenvalue weighted by Crippen LogP contribution is 2.25. The van der Waals surface area contributed by atoms with Gasteiger partial charge in [0.05, 0.1) is 11.1 Å². The molecule has 0 aliphatic rings. The highest BCUT2D eigenvalue weighted by Gasteiger charge is 2.07. The molecule has 0 unspecified atom stereocenters. The van der Waals surface area contributed by atoms with E-state index in [4.69, 9.17) is 0 Å². The highest BCUT2D eigenvalue weighted by atomic mass is 16.4. The molecule has 0 amide bonds. The molecule has 0 aliphatic carbocycles. The van der Waals surface area contributed by atoms with Gasteiger partial charge in [0.2, 0.25) is 0 Å². The Hall–Kier alpha value is -7.50. The summed E-state index contributed by atoms with van der Waals surface area (Å²) in [4.78, 5) is 22.6. The summed E-state index contributed by atoms with van der Waals surface area (Å²) >= 11 is 0. The third-order valence-electron chi connectivity index (χ3n) is 7.42. The van der Waals surface area contributed by atoms with Gasteiger partial charge in [-0.3, -0.25) is 0 Å². The van der Waals surface area contributed by atoms with E-state index < -0.39 is 11.9 Å². The Bertz CT molecular complexity index is 2290. The summed E-state index contributed by atoms with van der Waals surface area (Å²) < 4.78 is 0. The number of carbonyl (C=O) groups is 2. The van der Waals surface area contributed by atoms with Crippen molar-refractivity contribution in [1.82, 2.24) is 0 Å². The minimum Gasteiger partial charge on any atom is -0.478 e. The van der Waals surface area contributed by atoms with Gasteiger partial charge in [-0.2, -0.15) is 0 Å². The van der Waals surface area contributed by atoms with Gasteiger partial charge in [0, 0.05) is 44.5 Å². The standard InChI is InChI=1S/C46H26O4/c47-45(48)41-23-19-35(20-24-41)13-17-39-27-37(15-11-33-7-3-1-4-8-33)29-43(31-39)44-30-38(16-12-34-9-5-2-6-10-34)28-40(32-44)18-14-36-21-25-42(26-22-36)46(49)50/h1-10,19-32H,(H,47,48)(H,49,50). The Morgan fingerprint density at radius 2 is 0.580 bits per heavy atom. The summed E-state index contributed by atoms with van der Waals surface area (Å²) in [5.41, 5.74) is 8.27. The Kier molecular flexibility index (Phi) is 9.99. The minimum absolute atomic E-state index is 0.197. The van der Waals surface area contributed by atoms with Crippen LogP contribution in [-0.2, 0) is 0 Å². The molecule has 0 radical (unpaired) electrons. The number of aromatic carboxylic acids is 2. The normalized spacial score (nSPS) is 9.68. The van der Waals surface area contributed by atoms with Crippen molar-refractivity contribution in [2.75, 3.05) is 0 Å². The van der Waals surface area contributed by atoms with Crippen LogP contribution >= 0.6 is 0 Å². The molecule has 0 spiro atoms. The number of benzene rings is 6. The zero-order chi connectivity index (χ0) is 34.7. The van der Waals surface area contributed by atoms with Crippen molar-refractivity contribution in [3.63, 3.8) is 0 Å². The number of hydrogen-bond acceptors (Lipinski definition) is 2. The fraction of sp³-hybridized carbons (Fsp3) is 0. The van der Waals surface area contributed by atoms with Crippen LogP contribution in [0.1, 0.15) is 65.2 Å². The van der Waals surface area contributed by atoms with E-state index in [0.717, 1.165) is 44.5 Å². The van der Waals surface area contributed by atoms with Crippen LogP contribution in [0.2, 0.25) is 0 Å². The van der Waals surface area contributed by atoms with Crippen LogP contribution in [0.5, 0.6) is 0 Å². The van der Waals surface area contributed by atoms with Crippen LogP contribution in [0.25, 0.3) is 11.1 Å². The lowest BCUT2D eigenvalue weighted by atomic mass is 9.96. The van der Waals surface area contributed by atoms with E-state index in [1.807, 2.05) is 97.1 Å². The number of hydrogen-bond donors (Lipinski definition) is 2. The van der Waals surface area contributed by atoms with Crippen LogP contribution in [0, 0.1) is 47.4 Å². The van der Waals surface area contributed by atoms with Gasteiger partial charge in [-0.25, -0.2) is 9.59 Å². The quantitative estimate of drug-likeness (QED) is 0.190. The van der Waals surface area contributed by atoms with Crippen molar-refractivity contribution in [2.45, 2.75) is 0 Å². The maximum atomic E-state index is 11.3. The molecule has 0 saturated heterocycles. The molecule has 0 aromatic heterocycles. The molecule has 0 heterocycles. The van der Waals surface area contributed by atoms with E-state index >= 15 is 0 Å². The number of rotatable bonds is 3. The van der Waals surface area contributed by atoms with Crippen LogP contribution in [0.4, 0.5) is 0 Å². The van der Waals surface area contributed by atoms with Gasteiger partial charge in [0.25, 0.3) is 0 Å². The summed E-state index contributed by atoms with van der Waals surface area (Å²) in [7, 11) is 0. The van der Waals surface area contributed by atoms with E-state index in [9.17, 15) is 19.8 Å². The van der Waals surface area contributed by atoms with Gasteiger partial charge in [-0.15, -0.1) is 0 Å². The summed E-state index contributed by atoms with van der Waals surface area (Å²) in [5, 5.41) is 18.5. The summed E-state index contributed by atoms with van der Waals surface area (Å²) in [6.45, 7) is 0. The number of carboxylic acids is 2. The van der Waals surface area contributed by atoms with Gasteiger partial charge >= 0.3 is 11.9 Å². The minimum atomic E-state index is -0.991. The summed E-state index contributed by atoms with van der Waals surface area (Å²) in [6.07, 6.45) is 0. The maximum absolute atomic E-state index is 11.3. The Morgan fingerprint density at radius 3 is 0.860 bits per heavy atom. The zero-order valence-electron chi connectivity index (χ0n) is 26.6. The van der Waals surface area contributed by atoms with Crippen LogP contribution in [0.3, 0.4) is 0 Å². The molecule has 0 saturated carbocycles. The van der Waals surface area contributed by atoms with Gasteiger partial charge in [0.1, 0.15) is 0 Å². The first-order chi connectivity index (χ1) is 24.4. The van der Waals surface area contributed by atoms with Crippen molar-refractivity contribution < 1.29 is 19.8 Å². The molecule has 2 N–H and O–H groups in total. The van der Waals surface area contributed by atoms with Crippen LogP contribution < -0.4 is 0 Å². The smallest absolute Gasteiger partial charge is 0.335 e. The van der Waals surface area contributed by atoms with E-state index in [2.05, 4.69) is 47.4 Å². The Labute approximate surface area is 290 Å². The molecule has 0 fully saturated rings. The lowest BCUT2D eigenvalue weighted by molar-refractivity contribution is 0.0686. The summed E-state index contributed by atoms with van der Waals surface area (Å²) in [5.74, 6) is 23.8. The SMILES string of the molecule is O=C(O)c1ccc(C#Cc2cc(C#Cc3ccccc3)cc(-c3cc(C#Cc4ccccc4)cc(C#Cc4ccc(C(=O)O)cc4)c3)c2)cc1. The molecule has 6 aromatic carbocycles. The van der Waals surface area contributed by atoms with Crippen molar-refractivity contribution in [1.29, 1.82) is 0 Å². The third-order valence-corrected chi connectivity index (χ3v) is 7.42. The first-order valence-corrected chi connectivity index (χ1v) is 15.5. The van der Waals surface area contributed by atoms with Crippen molar-refractivity contribution >= 4 is 11.9 Å². The summed E-state index contributed by atoms with van der Waals surface area (Å²) in [6, 6.07) is 44.2. The first kappa shape index (κ1) is 32.4. The highest BCUT2D eigenvalue weighted by molar-refractivity contribution is 5.88. The van der Waals surface area contributed by atoms with E-state index in [-0.39, 0.29) is 11.1 Å². The Morgan fingerprint density at radius 1 is 0.320 bits per heavy atom. The molecule has 234 valence electrons. The largest absolute Gasteiger partial charge is 0.478 e. The van der Waals surface area contributed by atoms with Crippen LogP contribution in [-0.4, -0.2) is 22.2 Å². The number of carboxylic acid groups (broad SMARTS) is 2. The maximum Gasteiger partial charge on any atom is 0.335 e. The fourth-order valence-corrected chi connectivity index (χ4v) is 4.89. The second-order valence-corrected chi connectivity index (χ2v) is 11.1. The third kappa shape index (κ3) is 8.85. The molecule has 4 nitrogen and oxygen atoms in total. The molecule has 4 heteroatoms. The topological polar surface area (TPSA) is 74.6 Å². The van der Waals surface area contributed by atoms with E-state index in [0.29, 0.717) is 11.1 Å². The predicted octanol–water partition coefficient (Wildman–Crippen LogP) is 8.35. The van der Waals surface area contributed by atoms with Gasteiger partial charge < -0.3 is 10.2 Å². The lowest BCUT2D eigenvalue weighted by Crippen LogP contribution is -1.95. The second kappa shape index (κ2) is 15.4. The zero-order valence-corrected chi connectivity index (χ0v) is 26.6. The van der Waals surface area contributed by atoms with Crippen LogP contribution in [0.15, 0.2) is 146 Å². The fourth-order valence-electron chi connectivity index (χ4n) is 4.89. The molecular weight excluding hydrogens is 617 g/mol. The molecule has 6 aromatic rings. The van der Waals surface area contributed by atoms with Crippen molar-refractivity contribution in [3.05, 3.63) is 201 Å². The molecule has 0 aliphatic heterocycles. The van der Waals surface area contributed by atoms with Gasteiger partial charge in [-0.1, -0.05) is 83.8 Å². The van der Waals surface area contributed by atoms with Crippen molar-refractivity contribution in [2.24, 2.45) is 0 Å². The monoisotopic (exact) mass is 642 g/mol. The lowest BCUT2D eigenvalue weighted by Gasteiger charge is -2.07. The Balaban J connectivity index is 1.45. The van der Waals surface area contributed by atoms with E-state index in [1.54, 1.807) is 24.3 Å². The molecule has 0 atom stereocenters. The van der Waals surface area contributed by atoms with E-state index in [1.165, 1.54) is 24.3 Å². The molecule has 6 rings (SSSR count). The molecule has 0 bridgehead atoms. The molecule has 50 heavy (non-hydrogen) atoms. The van der Waals surface area contributed by atoms with Gasteiger partial charge in [-0.05, 0) is 120 Å². The average molecular weight is 643 g/mol. The average Bonchev–Trinajstić information content (AvgIpc) is 3.15. The predicted molar refractivity (Wildman–Crippen MR) is 195 cm³/mol. The first-order valence-electron chi connectivity index (χ1n) is 15.5. The van der Waals surface area contributed by atoms with Gasteiger partial charge in [0.15, 0.2) is 0 Å². The molecular formula is C46H26O4. The van der Waals surface area contributed by atoms with Crippen molar-refractivity contribution in [3.8, 4) is 58.5 Å². The second-order valence-electron chi connectivity index (χ2n) is 11.1.